The minimum atomic E-state index is 0.480. The molecule has 1 heterocycles. The molecule has 0 spiro atoms. The fourth-order valence-electron chi connectivity index (χ4n) is 2.08. The molecule has 0 atom stereocenters. The molecule has 0 fully saturated rings. The van der Waals surface area contributed by atoms with E-state index in [4.69, 9.17) is 14.2 Å². The Balaban J connectivity index is 2.09. The van der Waals surface area contributed by atoms with E-state index in [2.05, 4.69) is 32.6 Å². The number of aromatic nitrogens is 2. The Hall–Kier alpha value is -2.09. The van der Waals surface area contributed by atoms with Gasteiger partial charge >= 0.3 is 0 Å². The fourth-order valence-corrected chi connectivity index (χ4v) is 2.60. The number of hydrogen-bond donors (Lipinski definition) is 0. The van der Waals surface area contributed by atoms with Crippen LogP contribution in [-0.4, -0.2) is 24.2 Å². The molecule has 0 aliphatic carbocycles. The lowest BCUT2D eigenvalue weighted by molar-refractivity contribution is 0.355. The van der Waals surface area contributed by atoms with Gasteiger partial charge in [-0.05, 0) is 46.9 Å². The van der Waals surface area contributed by atoms with Gasteiger partial charge in [0.2, 0.25) is 5.88 Å². The number of rotatable bonds is 4. The van der Waals surface area contributed by atoms with Crippen molar-refractivity contribution in [3.8, 4) is 23.1 Å². The molecule has 6 heteroatoms. The summed E-state index contributed by atoms with van der Waals surface area (Å²) in [5.74, 6) is 2.43. The minimum absolute atomic E-state index is 0.480. The number of fused-ring (bicyclic) bond motifs is 1. The topological polar surface area (TPSA) is 53.5 Å². The average Bonchev–Trinajstić information content (AvgIpc) is 2.54. The molecule has 3 aromatic rings. The number of methoxy groups -OCH3 is 2. The zero-order chi connectivity index (χ0) is 15.5. The molecule has 1 aromatic heterocycles. The maximum Gasteiger partial charge on any atom is 0.230 e. The minimum Gasteiger partial charge on any atom is -0.493 e. The third-order valence-electron chi connectivity index (χ3n) is 3.11. The van der Waals surface area contributed by atoms with Gasteiger partial charge in [0.15, 0.2) is 11.5 Å². The Morgan fingerprint density at radius 3 is 2.45 bits per heavy atom. The van der Waals surface area contributed by atoms with E-state index in [1.165, 1.54) is 6.33 Å². The van der Waals surface area contributed by atoms with Crippen molar-refractivity contribution in [3.63, 3.8) is 0 Å². The summed E-state index contributed by atoms with van der Waals surface area (Å²) in [6.45, 7) is 0. The van der Waals surface area contributed by atoms with E-state index in [9.17, 15) is 0 Å². The normalized spacial score (nSPS) is 10.5. The fraction of sp³-hybridized carbons (Fsp3) is 0.125. The third kappa shape index (κ3) is 2.92. The molecule has 5 nitrogen and oxygen atoms in total. The molecular weight excluding hydrogens is 395 g/mol. The van der Waals surface area contributed by atoms with E-state index < -0.39 is 0 Å². The van der Waals surface area contributed by atoms with Gasteiger partial charge in [-0.3, -0.25) is 0 Å². The van der Waals surface area contributed by atoms with Crippen molar-refractivity contribution in [1.82, 2.24) is 9.97 Å². The Bertz CT molecular complexity index is 824. The Kier molecular flexibility index (Phi) is 4.28. The number of halogens is 1. The van der Waals surface area contributed by atoms with Crippen LogP contribution >= 0.6 is 22.6 Å². The van der Waals surface area contributed by atoms with Gasteiger partial charge < -0.3 is 14.2 Å². The molecule has 3 rings (SSSR count). The van der Waals surface area contributed by atoms with Crippen LogP contribution in [0.4, 0.5) is 0 Å². The average molecular weight is 408 g/mol. The molecule has 2 aromatic carbocycles. The second-order valence-electron chi connectivity index (χ2n) is 4.46. The largest absolute Gasteiger partial charge is 0.493 e. The molecule has 0 amide bonds. The molecular formula is C16H13IN2O3. The monoisotopic (exact) mass is 408 g/mol. The second kappa shape index (κ2) is 6.35. The number of hydrogen-bond acceptors (Lipinski definition) is 5. The van der Waals surface area contributed by atoms with Crippen molar-refractivity contribution < 1.29 is 14.2 Å². The zero-order valence-corrected chi connectivity index (χ0v) is 14.2. The van der Waals surface area contributed by atoms with Gasteiger partial charge in [-0.15, -0.1) is 0 Å². The first-order chi connectivity index (χ1) is 10.7. The van der Waals surface area contributed by atoms with Crippen LogP contribution in [0.25, 0.3) is 10.9 Å². The SMILES string of the molecule is COc1cc2ncnc(Oc3cccc(I)c3)c2cc1OC. The number of benzene rings is 2. The maximum atomic E-state index is 5.89. The highest BCUT2D eigenvalue weighted by Gasteiger charge is 2.12. The first-order valence-corrected chi connectivity index (χ1v) is 7.59. The van der Waals surface area contributed by atoms with Crippen molar-refractivity contribution in [2.75, 3.05) is 14.2 Å². The van der Waals surface area contributed by atoms with Gasteiger partial charge in [0, 0.05) is 9.64 Å². The summed E-state index contributed by atoms with van der Waals surface area (Å²) in [7, 11) is 3.18. The Labute approximate surface area is 141 Å². The van der Waals surface area contributed by atoms with Crippen LogP contribution in [-0.2, 0) is 0 Å². The Morgan fingerprint density at radius 1 is 0.955 bits per heavy atom. The smallest absolute Gasteiger partial charge is 0.230 e. The second-order valence-corrected chi connectivity index (χ2v) is 5.71. The lowest BCUT2D eigenvalue weighted by Gasteiger charge is -2.11. The Morgan fingerprint density at radius 2 is 1.73 bits per heavy atom. The molecule has 112 valence electrons. The van der Waals surface area contributed by atoms with E-state index in [0.29, 0.717) is 17.4 Å². The summed E-state index contributed by atoms with van der Waals surface area (Å²) in [6.07, 6.45) is 1.47. The first-order valence-electron chi connectivity index (χ1n) is 6.51. The van der Waals surface area contributed by atoms with Gasteiger partial charge in [-0.2, -0.15) is 0 Å². The quantitative estimate of drug-likeness (QED) is 0.610. The molecule has 0 N–H and O–H groups in total. The molecule has 0 aliphatic heterocycles. The maximum absolute atomic E-state index is 5.89. The molecule has 0 unspecified atom stereocenters. The highest BCUT2D eigenvalue weighted by Crippen LogP contribution is 2.35. The van der Waals surface area contributed by atoms with Crippen LogP contribution < -0.4 is 14.2 Å². The van der Waals surface area contributed by atoms with Crippen LogP contribution in [0.1, 0.15) is 0 Å². The summed E-state index contributed by atoms with van der Waals surface area (Å²) < 4.78 is 17.6. The molecule has 0 aliphatic rings. The van der Waals surface area contributed by atoms with E-state index in [-0.39, 0.29) is 0 Å². The summed E-state index contributed by atoms with van der Waals surface area (Å²) >= 11 is 2.24. The van der Waals surface area contributed by atoms with E-state index >= 15 is 0 Å². The summed E-state index contributed by atoms with van der Waals surface area (Å²) in [5.41, 5.74) is 0.730. The summed E-state index contributed by atoms with van der Waals surface area (Å²) in [5, 5.41) is 0.763. The van der Waals surface area contributed by atoms with Crippen LogP contribution in [0.5, 0.6) is 23.1 Å². The molecule has 0 radical (unpaired) electrons. The molecule has 0 saturated carbocycles. The van der Waals surface area contributed by atoms with Gasteiger partial charge in [-0.1, -0.05) is 6.07 Å². The standard InChI is InChI=1S/C16H13IN2O3/c1-20-14-7-12-13(8-15(14)21-2)18-9-19-16(12)22-11-5-3-4-10(17)6-11/h3-9H,1-2H3. The summed E-state index contributed by atoms with van der Waals surface area (Å²) in [6, 6.07) is 11.4. The van der Waals surface area contributed by atoms with E-state index in [1.54, 1.807) is 20.3 Å². The summed E-state index contributed by atoms with van der Waals surface area (Å²) in [4.78, 5) is 8.49. The lowest BCUT2D eigenvalue weighted by atomic mass is 10.2. The number of ether oxygens (including phenoxy) is 3. The van der Waals surface area contributed by atoms with Crippen molar-refractivity contribution in [2.24, 2.45) is 0 Å². The van der Waals surface area contributed by atoms with E-state index in [1.807, 2.05) is 30.3 Å². The highest BCUT2D eigenvalue weighted by atomic mass is 127. The van der Waals surface area contributed by atoms with Crippen molar-refractivity contribution in [3.05, 3.63) is 46.3 Å². The van der Waals surface area contributed by atoms with E-state index in [0.717, 1.165) is 20.2 Å². The van der Waals surface area contributed by atoms with Crippen molar-refractivity contribution in [1.29, 1.82) is 0 Å². The predicted molar refractivity (Wildman–Crippen MR) is 91.9 cm³/mol. The predicted octanol–water partition coefficient (Wildman–Crippen LogP) is 4.04. The van der Waals surface area contributed by atoms with Crippen molar-refractivity contribution in [2.45, 2.75) is 0 Å². The molecule has 0 saturated heterocycles. The van der Waals surface area contributed by atoms with Crippen LogP contribution in [0.3, 0.4) is 0 Å². The van der Waals surface area contributed by atoms with Crippen LogP contribution in [0.2, 0.25) is 0 Å². The molecule has 0 bridgehead atoms. The van der Waals surface area contributed by atoms with Crippen LogP contribution in [0, 0.1) is 3.57 Å². The third-order valence-corrected chi connectivity index (χ3v) is 3.79. The van der Waals surface area contributed by atoms with Crippen molar-refractivity contribution >= 4 is 33.5 Å². The highest BCUT2D eigenvalue weighted by molar-refractivity contribution is 14.1. The lowest BCUT2D eigenvalue weighted by Crippen LogP contribution is -1.95. The zero-order valence-electron chi connectivity index (χ0n) is 12.0. The van der Waals surface area contributed by atoms with Crippen LogP contribution in [0.15, 0.2) is 42.7 Å². The van der Waals surface area contributed by atoms with Gasteiger partial charge in [0.25, 0.3) is 0 Å². The van der Waals surface area contributed by atoms with Gasteiger partial charge in [0.05, 0.1) is 25.1 Å². The first kappa shape index (κ1) is 14.8. The number of nitrogens with zero attached hydrogens (tertiary/aromatic N) is 2. The molecule has 22 heavy (non-hydrogen) atoms. The van der Waals surface area contributed by atoms with Gasteiger partial charge in [0.1, 0.15) is 12.1 Å². The van der Waals surface area contributed by atoms with Gasteiger partial charge in [-0.25, -0.2) is 9.97 Å².